The minimum absolute atomic E-state index is 0.523. The molecule has 1 heterocycles. The first-order valence-corrected chi connectivity index (χ1v) is 8.02. The number of nitrogens with zero attached hydrogens (tertiary/aromatic N) is 2. The molecule has 0 fully saturated rings. The van der Waals surface area contributed by atoms with E-state index in [-0.39, 0.29) is 0 Å². The zero-order valence-corrected chi connectivity index (χ0v) is 12.8. The highest BCUT2D eigenvalue weighted by atomic mass is 79.9. The van der Waals surface area contributed by atoms with Gasteiger partial charge in [-0.25, -0.2) is 4.98 Å². The van der Waals surface area contributed by atoms with Crippen LogP contribution in [-0.4, -0.2) is 28.8 Å². The van der Waals surface area contributed by atoms with Crippen LogP contribution >= 0.6 is 27.3 Å². The van der Waals surface area contributed by atoms with Crippen LogP contribution in [0.25, 0.3) is 0 Å². The van der Waals surface area contributed by atoms with Gasteiger partial charge in [0.25, 0.3) is 0 Å². The molecule has 0 N–H and O–H groups in total. The predicted molar refractivity (Wildman–Crippen MR) is 81.4 cm³/mol. The molecule has 0 aliphatic heterocycles. The summed E-state index contributed by atoms with van der Waals surface area (Å²) in [5.74, 6) is 0.523. The van der Waals surface area contributed by atoms with E-state index in [0.717, 1.165) is 24.1 Å². The Morgan fingerprint density at radius 2 is 2.11 bits per heavy atom. The number of thiazole rings is 1. The van der Waals surface area contributed by atoms with E-state index in [1.807, 2.05) is 5.51 Å². The molecule has 0 amide bonds. The second-order valence-corrected chi connectivity index (χ2v) is 5.80. The van der Waals surface area contributed by atoms with E-state index in [1.165, 1.54) is 5.56 Å². The van der Waals surface area contributed by atoms with Gasteiger partial charge in [0.05, 0.1) is 11.2 Å². The number of aromatic nitrogens is 1. The number of hydrogen-bond acceptors (Lipinski definition) is 3. The van der Waals surface area contributed by atoms with Gasteiger partial charge in [0.2, 0.25) is 0 Å². The maximum absolute atomic E-state index is 4.33. The van der Waals surface area contributed by atoms with Gasteiger partial charge in [0.1, 0.15) is 0 Å². The zero-order chi connectivity index (χ0) is 12.8. The molecule has 1 unspecified atom stereocenters. The highest BCUT2D eigenvalue weighted by Gasteiger charge is 2.13. The van der Waals surface area contributed by atoms with Crippen LogP contribution in [0, 0.1) is 0 Å². The first kappa shape index (κ1) is 13.7. The lowest BCUT2D eigenvalue weighted by Crippen LogP contribution is -2.25. The van der Waals surface area contributed by atoms with Crippen molar-refractivity contribution in [1.29, 1.82) is 0 Å². The van der Waals surface area contributed by atoms with Crippen molar-refractivity contribution in [3.63, 3.8) is 0 Å². The monoisotopic (exact) mass is 324 g/mol. The molecule has 2 nitrogen and oxygen atoms in total. The van der Waals surface area contributed by atoms with Crippen molar-refractivity contribution >= 4 is 27.3 Å². The molecule has 0 radical (unpaired) electrons. The van der Waals surface area contributed by atoms with Crippen molar-refractivity contribution in [2.75, 3.05) is 18.9 Å². The molecule has 1 aromatic carbocycles. The highest BCUT2D eigenvalue weighted by Crippen LogP contribution is 2.19. The topological polar surface area (TPSA) is 16.1 Å². The second kappa shape index (κ2) is 7.02. The van der Waals surface area contributed by atoms with Crippen LogP contribution in [-0.2, 0) is 6.54 Å². The van der Waals surface area contributed by atoms with E-state index in [1.54, 1.807) is 11.3 Å². The van der Waals surface area contributed by atoms with E-state index in [9.17, 15) is 0 Å². The molecule has 0 aliphatic carbocycles. The smallest absolute Gasteiger partial charge is 0.0795 e. The Kier molecular flexibility index (Phi) is 5.35. The third-order valence-electron chi connectivity index (χ3n) is 2.90. The lowest BCUT2D eigenvalue weighted by Gasteiger charge is -2.22. The zero-order valence-electron chi connectivity index (χ0n) is 10.4. The lowest BCUT2D eigenvalue weighted by molar-refractivity contribution is 0.308. The maximum atomic E-state index is 4.33. The Labute approximate surface area is 121 Å². The van der Waals surface area contributed by atoms with Crippen molar-refractivity contribution < 1.29 is 0 Å². The number of likely N-dealkylation sites (N-methyl/N-ethyl adjacent to an activating group) is 1. The first-order chi connectivity index (χ1) is 8.79. The van der Waals surface area contributed by atoms with Crippen molar-refractivity contribution in [2.45, 2.75) is 12.5 Å². The van der Waals surface area contributed by atoms with E-state index in [4.69, 9.17) is 0 Å². The quantitative estimate of drug-likeness (QED) is 0.752. The van der Waals surface area contributed by atoms with Crippen LogP contribution in [0.5, 0.6) is 0 Å². The van der Waals surface area contributed by atoms with Crippen molar-refractivity contribution in [2.24, 2.45) is 0 Å². The van der Waals surface area contributed by atoms with Crippen LogP contribution in [0.4, 0.5) is 0 Å². The van der Waals surface area contributed by atoms with Gasteiger partial charge in [0.15, 0.2) is 0 Å². The van der Waals surface area contributed by atoms with E-state index >= 15 is 0 Å². The molecule has 4 heteroatoms. The lowest BCUT2D eigenvalue weighted by atomic mass is 10.0. The van der Waals surface area contributed by atoms with Gasteiger partial charge in [-0.05, 0) is 12.6 Å². The highest BCUT2D eigenvalue weighted by molar-refractivity contribution is 9.09. The Bertz CT molecular complexity index is 444. The van der Waals surface area contributed by atoms with Gasteiger partial charge in [-0.1, -0.05) is 46.3 Å². The number of hydrogen-bond donors (Lipinski definition) is 0. The third kappa shape index (κ3) is 3.90. The summed E-state index contributed by atoms with van der Waals surface area (Å²) in [5.41, 5.74) is 4.44. The largest absolute Gasteiger partial charge is 0.300 e. The summed E-state index contributed by atoms with van der Waals surface area (Å²) in [7, 11) is 2.15. The molecule has 1 aromatic heterocycles. The second-order valence-electron chi connectivity index (χ2n) is 4.44. The molecule has 0 saturated heterocycles. The molecular formula is C14H17BrN2S. The third-order valence-corrected chi connectivity index (χ3v) is 4.32. The Morgan fingerprint density at radius 1 is 1.33 bits per heavy atom. The van der Waals surface area contributed by atoms with Crippen molar-refractivity contribution in [3.05, 3.63) is 52.5 Å². The maximum Gasteiger partial charge on any atom is 0.0795 e. The molecular weight excluding hydrogens is 308 g/mol. The fraction of sp³-hybridized carbons (Fsp3) is 0.357. The average Bonchev–Trinajstić information content (AvgIpc) is 2.90. The van der Waals surface area contributed by atoms with Crippen LogP contribution in [0.3, 0.4) is 0 Å². The van der Waals surface area contributed by atoms with Gasteiger partial charge in [-0.2, -0.15) is 0 Å². The molecule has 0 saturated carbocycles. The molecule has 0 bridgehead atoms. The van der Waals surface area contributed by atoms with Crippen LogP contribution in [0.15, 0.2) is 41.2 Å². The fourth-order valence-corrected chi connectivity index (χ4v) is 3.13. The Morgan fingerprint density at radius 3 is 2.72 bits per heavy atom. The number of halogens is 1. The summed E-state index contributed by atoms with van der Waals surface area (Å²) < 4.78 is 0. The number of alkyl halides is 1. The fourth-order valence-electron chi connectivity index (χ4n) is 2.00. The van der Waals surface area contributed by atoms with Crippen LogP contribution < -0.4 is 0 Å². The predicted octanol–water partition coefficient (Wildman–Crippen LogP) is 3.75. The summed E-state index contributed by atoms with van der Waals surface area (Å²) in [4.78, 5) is 6.65. The van der Waals surface area contributed by atoms with Crippen molar-refractivity contribution in [1.82, 2.24) is 9.88 Å². The van der Waals surface area contributed by atoms with Gasteiger partial charge in [0, 0.05) is 29.7 Å². The average molecular weight is 325 g/mol. The minimum atomic E-state index is 0.523. The van der Waals surface area contributed by atoms with Crippen LogP contribution in [0.1, 0.15) is 17.2 Å². The summed E-state index contributed by atoms with van der Waals surface area (Å²) in [5, 5.41) is 3.10. The summed E-state index contributed by atoms with van der Waals surface area (Å²) in [6, 6.07) is 10.7. The SMILES string of the molecule is CN(Cc1cscn1)CC(CBr)c1ccccc1. The van der Waals surface area contributed by atoms with Gasteiger partial charge in [-0.3, -0.25) is 4.90 Å². The number of benzene rings is 1. The summed E-state index contributed by atoms with van der Waals surface area (Å²) in [6.45, 7) is 1.95. The first-order valence-electron chi connectivity index (χ1n) is 5.96. The van der Waals surface area contributed by atoms with Crippen molar-refractivity contribution in [3.8, 4) is 0 Å². The van der Waals surface area contributed by atoms with Gasteiger partial charge >= 0.3 is 0 Å². The molecule has 0 spiro atoms. The summed E-state index contributed by atoms with van der Waals surface area (Å²) >= 11 is 5.27. The molecule has 18 heavy (non-hydrogen) atoms. The normalized spacial score (nSPS) is 12.8. The van der Waals surface area contributed by atoms with E-state index < -0.39 is 0 Å². The molecule has 0 aliphatic rings. The van der Waals surface area contributed by atoms with Gasteiger partial charge in [-0.15, -0.1) is 11.3 Å². The molecule has 1 atom stereocenters. The summed E-state index contributed by atoms with van der Waals surface area (Å²) in [6.07, 6.45) is 0. The Hall–Kier alpha value is -0.710. The minimum Gasteiger partial charge on any atom is -0.300 e. The van der Waals surface area contributed by atoms with Crippen LogP contribution in [0.2, 0.25) is 0 Å². The van der Waals surface area contributed by atoms with E-state index in [0.29, 0.717) is 5.92 Å². The van der Waals surface area contributed by atoms with Gasteiger partial charge < -0.3 is 0 Å². The molecule has 96 valence electrons. The molecule has 2 rings (SSSR count). The standard InChI is InChI=1S/C14H17BrN2S/c1-17(9-14-10-18-11-16-14)8-13(7-15)12-5-3-2-4-6-12/h2-6,10-11,13H,7-9H2,1H3. The Balaban J connectivity index is 1.94. The van der Waals surface area contributed by atoms with E-state index in [2.05, 4.69) is 68.6 Å². The molecule has 2 aromatic rings. The number of rotatable bonds is 6.